The van der Waals surface area contributed by atoms with Crippen molar-refractivity contribution in [2.24, 2.45) is 0 Å². The average Bonchev–Trinajstić information content (AvgIpc) is 3.47. The summed E-state index contributed by atoms with van der Waals surface area (Å²) in [4.78, 5) is 19.4. The predicted octanol–water partition coefficient (Wildman–Crippen LogP) is 5.40. The number of carbonyl (C=O) groups excluding carboxylic acids is 1. The maximum Gasteiger partial charge on any atom is 0.254 e. The monoisotopic (exact) mass is 446 g/mol. The first-order valence-corrected chi connectivity index (χ1v) is 11.0. The van der Waals surface area contributed by atoms with Gasteiger partial charge in [-0.25, -0.2) is 0 Å². The lowest BCUT2D eigenvalue weighted by Crippen LogP contribution is -2.27. The highest BCUT2D eigenvalue weighted by atomic mass is 35.5. The SMILES string of the molecule is Cc1ncc2cn[nH]c2c1CN(C)C(=O)c1ccc(-c2cccc(Cl)c2)c(OC2CC2)c1. The summed E-state index contributed by atoms with van der Waals surface area (Å²) in [5.74, 6) is 0.627. The molecule has 162 valence electrons. The van der Waals surface area contributed by atoms with Crippen molar-refractivity contribution >= 4 is 28.4 Å². The summed E-state index contributed by atoms with van der Waals surface area (Å²) in [5.41, 5.74) is 5.22. The first-order valence-electron chi connectivity index (χ1n) is 10.6. The van der Waals surface area contributed by atoms with Crippen molar-refractivity contribution in [3.05, 3.63) is 76.7 Å². The van der Waals surface area contributed by atoms with Gasteiger partial charge in [0.1, 0.15) is 5.75 Å². The Morgan fingerprint density at radius 3 is 2.84 bits per heavy atom. The Labute approximate surface area is 191 Å². The molecule has 5 rings (SSSR count). The van der Waals surface area contributed by atoms with Crippen LogP contribution in [0.25, 0.3) is 22.0 Å². The second-order valence-electron chi connectivity index (χ2n) is 8.22. The molecule has 7 heteroatoms. The van der Waals surface area contributed by atoms with E-state index in [2.05, 4.69) is 15.2 Å². The Morgan fingerprint density at radius 1 is 1.22 bits per heavy atom. The van der Waals surface area contributed by atoms with E-state index in [1.54, 1.807) is 24.3 Å². The minimum absolute atomic E-state index is 0.0841. The van der Waals surface area contributed by atoms with Crippen LogP contribution in [0, 0.1) is 6.92 Å². The molecule has 1 aliphatic rings. The molecule has 0 aliphatic heterocycles. The summed E-state index contributed by atoms with van der Waals surface area (Å²) >= 11 is 6.20. The second-order valence-corrected chi connectivity index (χ2v) is 8.66. The molecule has 1 N–H and O–H groups in total. The zero-order valence-electron chi connectivity index (χ0n) is 17.9. The third-order valence-electron chi connectivity index (χ3n) is 5.73. The van der Waals surface area contributed by atoms with Crippen LogP contribution in [-0.4, -0.2) is 39.1 Å². The molecule has 6 nitrogen and oxygen atoms in total. The maximum atomic E-state index is 13.3. The summed E-state index contributed by atoms with van der Waals surface area (Å²) in [6.45, 7) is 2.36. The number of aryl methyl sites for hydroxylation is 1. The number of aromatic amines is 1. The molecule has 0 radical (unpaired) electrons. The number of nitrogens with zero attached hydrogens (tertiary/aromatic N) is 3. The van der Waals surface area contributed by atoms with E-state index in [0.29, 0.717) is 22.9 Å². The Bertz CT molecular complexity index is 1310. The van der Waals surface area contributed by atoms with Crippen LogP contribution in [0.1, 0.15) is 34.5 Å². The molecule has 0 unspecified atom stereocenters. The highest BCUT2D eigenvalue weighted by Gasteiger charge is 2.26. The van der Waals surface area contributed by atoms with E-state index in [0.717, 1.165) is 46.1 Å². The molecule has 1 aliphatic carbocycles. The second kappa shape index (κ2) is 8.28. The first kappa shape index (κ1) is 20.5. The number of carbonyl (C=O) groups is 1. The van der Waals surface area contributed by atoms with Crippen molar-refractivity contribution < 1.29 is 9.53 Å². The van der Waals surface area contributed by atoms with Gasteiger partial charge in [0.05, 0.1) is 17.8 Å². The molecule has 32 heavy (non-hydrogen) atoms. The van der Waals surface area contributed by atoms with Crippen LogP contribution in [-0.2, 0) is 6.54 Å². The molecule has 2 aromatic heterocycles. The van der Waals surface area contributed by atoms with E-state index in [1.165, 1.54) is 0 Å². The fourth-order valence-corrected chi connectivity index (χ4v) is 3.99. The number of ether oxygens (including phenoxy) is 1. The van der Waals surface area contributed by atoms with Crippen LogP contribution in [0.15, 0.2) is 54.9 Å². The van der Waals surface area contributed by atoms with Crippen molar-refractivity contribution in [1.82, 2.24) is 20.1 Å². The van der Waals surface area contributed by atoms with Crippen LogP contribution < -0.4 is 4.74 Å². The normalized spacial score (nSPS) is 13.3. The highest BCUT2D eigenvalue weighted by Crippen LogP contribution is 2.36. The van der Waals surface area contributed by atoms with E-state index in [9.17, 15) is 4.79 Å². The molecule has 2 aromatic carbocycles. The number of hydrogen-bond acceptors (Lipinski definition) is 4. The number of hydrogen-bond donors (Lipinski definition) is 1. The summed E-state index contributed by atoms with van der Waals surface area (Å²) in [6.07, 6.45) is 5.81. The van der Waals surface area contributed by atoms with Crippen molar-refractivity contribution in [2.75, 3.05) is 7.05 Å². The van der Waals surface area contributed by atoms with Gasteiger partial charge in [0.15, 0.2) is 0 Å². The average molecular weight is 447 g/mol. The fourth-order valence-electron chi connectivity index (χ4n) is 3.80. The van der Waals surface area contributed by atoms with Crippen molar-refractivity contribution in [3.8, 4) is 16.9 Å². The topological polar surface area (TPSA) is 71.1 Å². The molecule has 1 amide bonds. The molecule has 2 heterocycles. The lowest BCUT2D eigenvalue weighted by atomic mass is 10.0. The van der Waals surface area contributed by atoms with Crippen LogP contribution in [0.2, 0.25) is 5.02 Å². The third kappa shape index (κ3) is 4.06. The van der Waals surface area contributed by atoms with Gasteiger partial charge in [-0.05, 0) is 55.7 Å². The van der Waals surface area contributed by atoms with Gasteiger partial charge >= 0.3 is 0 Å². The van der Waals surface area contributed by atoms with Crippen LogP contribution in [0.5, 0.6) is 5.75 Å². The van der Waals surface area contributed by atoms with Gasteiger partial charge in [0.2, 0.25) is 0 Å². The number of aromatic nitrogens is 3. The molecule has 1 saturated carbocycles. The first-order chi connectivity index (χ1) is 15.5. The minimum atomic E-state index is -0.0841. The van der Waals surface area contributed by atoms with Crippen molar-refractivity contribution in [3.63, 3.8) is 0 Å². The van der Waals surface area contributed by atoms with Gasteiger partial charge in [-0.15, -0.1) is 0 Å². The van der Waals surface area contributed by atoms with E-state index in [1.807, 2.05) is 49.4 Å². The van der Waals surface area contributed by atoms with E-state index in [-0.39, 0.29) is 12.0 Å². The van der Waals surface area contributed by atoms with Crippen LogP contribution in [0.3, 0.4) is 0 Å². The third-order valence-corrected chi connectivity index (χ3v) is 5.96. The van der Waals surface area contributed by atoms with E-state index >= 15 is 0 Å². The number of nitrogens with one attached hydrogen (secondary N) is 1. The Hall–Kier alpha value is -3.38. The number of fused-ring (bicyclic) bond motifs is 1. The molecule has 4 aromatic rings. The van der Waals surface area contributed by atoms with Crippen LogP contribution >= 0.6 is 11.6 Å². The van der Waals surface area contributed by atoms with Gasteiger partial charge in [0.25, 0.3) is 5.91 Å². The van der Waals surface area contributed by atoms with E-state index in [4.69, 9.17) is 16.3 Å². The largest absolute Gasteiger partial charge is 0.490 e. The van der Waals surface area contributed by atoms with Crippen molar-refractivity contribution in [1.29, 1.82) is 0 Å². The summed E-state index contributed by atoms with van der Waals surface area (Å²) in [5, 5.41) is 8.72. The molecular formula is C25H23ClN4O2. The van der Waals surface area contributed by atoms with Gasteiger partial charge < -0.3 is 9.64 Å². The number of halogens is 1. The summed E-state index contributed by atoms with van der Waals surface area (Å²) < 4.78 is 6.17. The van der Waals surface area contributed by atoms with Gasteiger partial charge in [-0.3, -0.25) is 14.9 Å². The van der Waals surface area contributed by atoms with Gasteiger partial charge in [-0.1, -0.05) is 23.7 Å². The number of H-pyrrole nitrogens is 1. The molecule has 0 atom stereocenters. The minimum Gasteiger partial charge on any atom is -0.490 e. The summed E-state index contributed by atoms with van der Waals surface area (Å²) in [7, 11) is 1.79. The lowest BCUT2D eigenvalue weighted by molar-refractivity contribution is 0.0785. The Kier molecular flexibility index (Phi) is 5.31. The highest BCUT2D eigenvalue weighted by molar-refractivity contribution is 6.30. The number of benzene rings is 2. The van der Waals surface area contributed by atoms with Crippen molar-refractivity contribution in [2.45, 2.75) is 32.4 Å². The van der Waals surface area contributed by atoms with Crippen LogP contribution in [0.4, 0.5) is 0 Å². The molecule has 0 bridgehead atoms. The Morgan fingerprint density at radius 2 is 2.06 bits per heavy atom. The number of amides is 1. The zero-order valence-corrected chi connectivity index (χ0v) is 18.7. The number of rotatable bonds is 6. The maximum absolute atomic E-state index is 13.3. The molecule has 0 spiro atoms. The summed E-state index contributed by atoms with van der Waals surface area (Å²) in [6, 6.07) is 13.3. The zero-order chi connectivity index (χ0) is 22.2. The smallest absolute Gasteiger partial charge is 0.254 e. The van der Waals surface area contributed by atoms with Gasteiger partial charge in [0, 0.05) is 52.6 Å². The molecular weight excluding hydrogens is 424 g/mol. The fraction of sp³-hybridized carbons (Fsp3) is 0.240. The molecule has 1 fully saturated rings. The standard InChI is InChI=1S/C25H23ClN4O2/c1-15-22(24-18(12-27-15)13-28-29-24)14-30(2)25(31)17-6-9-21(16-4-3-5-19(26)10-16)23(11-17)32-20-7-8-20/h3-6,9-13,20H,7-8,14H2,1-2H3,(H,28,29). The molecule has 0 saturated heterocycles. The predicted molar refractivity (Wildman–Crippen MR) is 125 cm³/mol. The quantitative estimate of drug-likeness (QED) is 0.430. The van der Waals surface area contributed by atoms with Gasteiger partial charge in [-0.2, -0.15) is 5.10 Å². The lowest BCUT2D eigenvalue weighted by Gasteiger charge is -2.20. The Balaban J connectivity index is 1.45. The van der Waals surface area contributed by atoms with E-state index < -0.39 is 0 Å². The number of pyridine rings is 1.